The van der Waals surface area contributed by atoms with Gasteiger partial charge >= 0.3 is 37.7 Å². The van der Waals surface area contributed by atoms with Crippen molar-refractivity contribution in [2.75, 3.05) is 0 Å². The molecule has 0 atom stereocenters. The summed E-state index contributed by atoms with van der Waals surface area (Å²) in [6, 6.07) is 8.86. The molecule has 0 unspecified atom stereocenters. The Labute approximate surface area is 107 Å². The van der Waals surface area contributed by atoms with Crippen LogP contribution < -0.4 is 0 Å². The summed E-state index contributed by atoms with van der Waals surface area (Å²) in [5.41, 5.74) is 0.732. The molecule has 1 rings (SSSR count). The second-order valence-electron chi connectivity index (χ2n) is 2.23. The Balaban J connectivity index is 0.00000144. The predicted octanol–water partition coefficient (Wildman–Crippen LogP) is 0.629. The minimum atomic E-state index is -4.00. The zero-order valence-electron chi connectivity index (χ0n) is 6.21. The van der Waals surface area contributed by atoms with E-state index in [4.69, 9.17) is 4.55 Å². The molecule has 0 saturated carbocycles. The van der Waals surface area contributed by atoms with Crippen molar-refractivity contribution in [3.05, 3.63) is 41.3 Å². The molecule has 68 valence electrons. The Morgan fingerprint density at radius 2 is 1.69 bits per heavy atom. The van der Waals surface area contributed by atoms with E-state index in [1.807, 2.05) is 6.07 Å². The summed E-state index contributed by atoms with van der Waals surface area (Å²) in [5.74, 6) is 0. The van der Waals surface area contributed by atoms with Crippen molar-refractivity contribution in [3.8, 4) is 0 Å². The molecule has 3 nitrogen and oxygen atoms in total. The molecule has 1 N–H and O–H groups in total. The predicted molar refractivity (Wildman–Crippen MR) is 55.6 cm³/mol. The van der Waals surface area contributed by atoms with Crippen molar-refractivity contribution in [3.63, 3.8) is 0 Å². The van der Waals surface area contributed by atoms with Gasteiger partial charge in [0.25, 0.3) is 10.1 Å². The van der Waals surface area contributed by atoms with Crippen molar-refractivity contribution in [1.29, 1.82) is 0 Å². The normalized spacial score (nSPS) is 11.2. The van der Waals surface area contributed by atoms with Gasteiger partial charge in [0, 0.05) is 0 Å². The second-order valence-corrected chi connectivity index (χ2v) is 3.53. The van der Waals surface area contributed by atoms with Crippen LogP contribution in [0.4, 0.5) is 0 Å². The van der Waals surface area contributed by atoms with Crippen molar-refractivity contribution in [1.82, 2.24) is 0 Å². The van der Waals surface area contributed by atoms with Gasteiger partial charge in [0.05, 0.1) is 5.41 Å². The van der Waals surface area contributed by atoms with Crippen molar-refractivity contribution in [2.24, 2.45) is 0 Å². The van der Waals surface area contributed by atoms with Crippen LogP contribution >= 0.6 is 0 Å². The van der Waals surface area contributed by atoms with Crippen LogP contribution in [0.5, 0.6) is 0 Å². The first-order chi connectivity index (χ1) is 5.58. The summed E-state index contributed by atoms with van der Waals surface area (Å²) in [6.45, 7) is 0. The summed E-state index contributed by atoms with van der Waals surface area (Å²) in [6.07, 6.45) is 1.33. The Morgan fingerprint density at radius 1 is 1.15 bits per heavy atom. The van der Waals surface area contributed by atoms with E-state index in [0.29, 0.717) is 0 Å². The molecule has 0 saturated heterocycles. The molecule has 0 aliphatic heterocycles. The van der Waals surface area contributed by atoms with Crippen molar-refractivity contribution >= 4 is 53.9 Å². The van der Waals surface area contributed by atoms with Gasteiger partial charge in [-0.05, 0) is 11.6 Å². The van der Waals surface area contributed by atoms with Crippen molar-refractivity contribution in [2.45, 2.75) is 0 Å². The van der Waals surface area contributed by atoms with Gasteiger partial charge in [0.2, 0.25) is 0 Å². The summed E-state index contributed by atoms with van der Waals surface area (Å²) in [7, 11) is -4.00. The van der Waals surface area contributed by atoms with Crippen LogP contribution in [0.15, 0.2) is 35.7 Å². The molecule has 0 heterocycles. The average Bonchev–Trinajstić information content (AvgIpc) is 2.02. The van der Waals surface area contributed by atoms with Gasteiger partial charge in [-0.15, -0.1) is 0 Å². The quantitative estimate of drug-likeness (QED) is 0.594. The van der Waals surface area contributed by atoms with Gasteiger partial charge in [0.1, 0.15) is 0 Å². The first kappa shape index (κ1) is 13.1. The summed E-state index contributed by atoms with van der Waals surface area (Å²) < 4.78 is 28.9. The zero-order chi connectivity index (χ0) is 9.03. The molecule has 0 radical (unpaired) electrons. The first-order valence-corrected chi connectivity index (χ1v) is 4.79. The fourth-order valence-corrected chi connectivity index (χ4v) is 1.06. The summed E-state index contributed by atoms with van der Waals surface area (Å²) >= 11 is 0. The molecule has 13 heavy (non-hydrogen) atoms. The first-order valence-electron chi connectivity index (χ1n) is 3.28. The average molecular weight is 226 g/mol. The van der Waals surface area contributed by atoms with E-state index in [9.17, 15) is 8.42 Å². The maximum atomic E-state index is 10.3. The molecule has 0 spiro atoms. The maximum absolute atomic E-state index is 10.3. The van der Waals surface area contributed by atoms with Gasteiger partial charge in [-0.1, -0.05) is 30.3 Å². The van der Waals surface area contributed by atoms with E-state index in [0.717, 1.165) is 11.0 Å². The Hall–Kier alpha value is 0.130. The minimum absolute atomic E-state index is 0. The third-order valence-electron chi connectivity index (χ3n) is 1.23. The number of benzene rings is 1. The zero-order valence-corrected chi connectivity index (χ0v) is 7.03. The molecule has 1 aromatic rings. The van der Waals surface area contributed by atoms with Gasteiger partial charge in [-0.25, -0.2) is 0 Å². The molecule has 0 bridgehead atoms. The van der Waals surface area contributed by atoms with E-state index in [2.05, 4.69) is 0 Å². The second kappa shape index (κ2) is 5.78. The molecule has 0 aliphatic rings. The fourth-order valence-electron chi connectivity index (χ4n) is 0.729. The van der Waals surface area contributed by atoms with Crippen LogP contribution in [-0.4, -0.2) is 50.7 Å². The van der Waals surface area contributed by atoms with Crippen LogP contribution in [0.25, 0.3) is 6.08 Å². The van der Waals surface area contributed by atoms with E-state index in [1.54, 1.807) is 24.3 Å². The summed E-state index contributed by atoms with van der Waals surface area (Å²) in [4.78, 5) is 0. The van der Waals surface area contributed by atoms with Crippen LogP contribution in [-0.2, 0) is 10.1 Å². The molecule has 5 heteroatoms. The molecule has 0 amide bonds. The number of rotatable bonds is 2. The Bertz CT molecular complexity index is 370. The van der Waals surface area contributed by atoms with Crippen molar-refractivity contribution < 1.29 is 13.0 Å². The third-order valence-corrected chi connectivity index (χ3v) is 1.71. The van der Waals surface area contributed by atoms with Gasteiger partial charge in [-0.3, -0.25) is 4.55 Å². The molecule has 1 aromatic carbocycles. The monoisotopic (exact) mass is 226 g/mol. The van der Waals surface area contributed by atoms with Crippen LogP contribution in [0.2, 0.25) is 0 Å². The van der Waals surface area contributed by atoms with Gasteiger partial charge in [-0.2, -0.15) is 8.42 Å². The summed E-state index contributed by atoms with van der Waals surface area (Å²) in [5, 5.41) is 0.752. The Morgan fingerprint density at radius 3 is 2.15 bits per heavy atom. The van der Waals surface area contributed by atoms with Crippen LogP contribution in [0.3, 0.4) is 0 Å². The number of hydrogen-bond donors (Lipinski definition) is 1. The fraction of sp³-hybridized carbons (Fsp3) is 0. The van der Waals surface area contributed by atoms with E-state index >= 15 is 0 Å². The molecule has 0 aliphatic carbocycles. The third kappa shape index (κ3) is 6.23. The SMILES string of the molecule is O=S(=O)(O)C=Cc1ccccc1.[CaH2]. The molecular weight excluding hydrogens is 216 g/mol. The topological polar surface area (TPSA) is 54.4 Å². The van der Waals surface area contributed by atoms with E-state index < -0.39 is 10.1 Å². The molecule has 0 aromatic heterocycles. The van der Waals surface area contributed by atoms with Crippen LogP contribution in [0.1, 0.15) is 5.56 Å². The van der Waals surface area contributed by atoms with E-state index in [-0.39, 0.29) is 37.7 Å². The van der Waals surface area contributed by atoms with E-state index in [1.165, 1.54) is 6.08 Å². The molecular formula is C8H10CaO3S. The number of hydrogen-bond acceptors (Lipinski definition) is 2. The Kier molecular flexibility index (Phi) is 5.83. The van der Waals surface area contributed by atoms with Gasteiger partial charge in [0.15, 0.2) is 0 Å². The van der Waals surface area contributed by atoms with Gasteiger partial charge < -0.3 is 0 Å². The van der Waals surface area contributed by atoms with Crippen LogP contribution in [0, 0.1) is 0 Å². The standard InChI is InChI=1S/C8H8O3S.Ca.2H/c9-12(10,11)7-6-8-4-2-1-3-5-8;;;/h1-7H,(H,9,10,11);;;. The molecule has 0 fully saturated rings.